The molecular weight excluding hydrogens is 465 g/mol. The van der Waals surface area contributed by atoms with Crippen LogP contribution in [0.4, 0.5) is 14.9 Å². The Hall–Kier alpha value is -3.10. The molecule has 1 saturated carbocycles. The van der Waals surface area contributed by atoms with E-state index in [-0.39, 0.29) is 30.0 Å². The summed E-state index contributed by atoms with van der Waals surface area (Å²) in [5, 5.41) is 2.95. The molecule has 1 aliphatic heterocycles. The van der Waals surface area contributed by atoms with E-state index in [9.17, 15) is 14.4 Å². The van der Waals surface area contributed by atoms with Gasteiger partial charge in [0, 0.05) is 13.1 Å². The molecule has 9 heteroatoms. The maximum atomic E-state index is 15.7. The van der Waals surface area contributed by atoms with Gasteiger partial charge >= 0.3 is 12.1 Å². The van der Waals surface area contributed by atoms with Crippen molar-refractivity contribution in [1.82, 2.24) is 9.72 Å². The predicted molar refractivity (Wildman–Crippen MR) is 135 cm³/mol. The Kier molecular flexibility index (Phi) is 7.03. The number of halogens is 1. The Bertz CT molecular complexity index is 1240. The molecule has 1 N–H and O–H groups in total. The molecule has 3 heterocycles. The fraction of sp³-hybridized carbons (Fsp3) is 0.593. The predicted octanol–water partition coefficient (Wildman–Crippen LogP) is 4.54. The van der Waals surface area contributed by atoms with Crippen LogP contribution in [0.1, 0.15) is 81.3 Å². The normalized spacial score (nSPS) is 20.4. The highest BCUT2D eigenvalue weighted by molar-refractivity contribution is 5.90. The maximum absolute atomic E-state index is 15.7. The van der Waals surface area contributed by atoms with Crippen LogP contribution in [-0.4, -0.2) is 47.8 Å². The van der Waals surface area contributed by atoms with Crippen LogP contribution in [0, 0.1) is 18.7 Å². The number of ether oxygens (including phenoxy) is 2. The second-order valence-corrected chi connectivity index (χ2v) is 10.9. The van der Waals surface area contributed by atoms with Gasteiger partial charge in [0.05, 0.1) is 30.0 Å². The van der Waals surface area contributed by atoms with Gasteiger partial charge in [-0.3, -0.25) is 9.20 Å². The number of hydrogen-bond acceptors (Lipinski definition) is 6. The molecular formula is C27H36FN3O5. The third-order valence-electron chi connectivity index (χ3n) is 6.93. The summed E-state index contributed by atoms with van der Waals surface area (Å²) < 4.78 is 27.4. The molecule has 0 aromatic carbocycles. The van der Waals surface area contributed by atoms with Crippen LogP contribution in [0.3, 0.4) is 0 Å². The van der Waals surface area contributed by atoms with Crippen LogP contribution in [0.2, 0.25) is 0 Å². The smallest absolute Gasteiger partial charge is 0.407 e. The SMILES string of the molecule is CCOC(=O)c1cc(C2CC2)c2c(C)c(N3CC[C@@H](C)[C@@H](NC(=O)OC(C)(C)C)C3)c(F)cn2c1=O. The molecule has 2 fully saturated rings. The van der Waals surface area contributed by atoms with E-state index >= 15 is 4.39 Å². The summed E-state index contributed by atoms with van der Waals surface area (Å²) in [5.41, 5.74) is 1.30. The van der Waals surface area contributed by atoms with Gasteiger partial charge < -0.3 is 19.7 Å². The summed E-state index contributed by atoms with van der Waals surface area (Å²) in [6.07, 6.45) is 3.35. The lowest BCUT2D eigenvalue weighted by molar-refractivity contribution is 0.0481. The summed E-state index contributed by atoms with van der Waals surface area (Å²) in [4.78, 5) is 40.0. The molecule has 1 amide bonds. The Morgan fingerprint density at radius 3 is 2.53 bits per heavy atom. The number of carbonyl (C=O) groups is 2. The lowest BCUT2D eigenvalue weighted by atomic mass is 9.92. The van der Waals surface area contributed by atoms with Crippen molar-refractivity contribution in [2.24, 2.45) is 5.92 Å². The first-order valence-electron chi connectivity index (χ1n) is 12.7. The molecule has 2 aromatic rings. The van der Waals surface area contributed by atoms with E-state index in [0.29, 0.717) is 29.9 Å². The minimum Gasteiger partial charge on any atom is -0.462 e. The molecule has 0 bridgehead atoms. The van der Waals surface area contributed by atoms with Crippen molar-refractivity contribution in [1.29, 1.82) is 0 Å². The van der Waals surface area contributed by atoms with E-state index in [1.165, 1.54) is 10.6 Å². The number of pyridine rings is 2. The summed E-state index contributed by atoms with van der Waals surface area (Å²) in [7, 11) is 0. The molecule has 36 heavy (non-hydrogen) atoms. The van der Waals surface area contributed by atoms with Gasteiger partial charge in [0.15, 0.2) is 5.82 Å². The second kappa shape index (κ2) is 9.75. The van der Waals surface area contributed by atoms with Crippen molar-refractivity contribution in [3.8, 4) is 0 Å². The highest BCUT2D eigenvalue weighted by atomic mass is 19.1. The number of carbonyl (C=O) groups excluding carboxylic acids is 2. The minimum absolute atomic E-state index is 0.0729. The molecule has 0 spiro atoms. The molecule has 1 saturated heterocycles. The number of aryl methyl sites for hydroxylation is 1. The molecule has 196 valence electrons. The van der Waals surface area contributed by atoms with Gasteiger partial charge in [-0.1, -0.05) is 6.92 Å². The number of fused-ring (bicyclic) bond motifs is 1. The average Bonchev–Trinajstić information content (AvgIpc) is 3.60. The molecule has 0 radical (unpaired) electrons. The van der Waals surface area contributed by atoms with Gasteiger partial charge in [0.1, 0.15) is 11.2 Å². The highest BCUT2D eigenvalue weighted by Gasteiger charge is 2.34. The third kappa shape index (κ3) is 5.20. The van der Waals surface area contributed by atoms with E-state index in [2.05, 4.69) is 12.2 Å². The number of nitrogens with one attached hydrogen (secondary N) is 1. The van der Waals surface area contributed by atoms with Gasteiger partial charge in [-0.05, 0) is 82.9 Å². The van der Waals surface area contributed by atoms with Crippen molar-refractivity contribution >= 4 is 23.3 Å². The van der Waals surface area contributed by atoms with E-state index < -0.39 is 29.0 Å². The summed E-state index contributed by atoms with van der Waals surface area (Å²) >= 11 is 0. The quantitative estimate of drug-likeness (QED) is 0.605. The second-order valence-electron chi connectivity index (χ2n) is 10.9. The Balaban J connectivity index is 1.74. The van der Waals surface area contributed by atoms with Gasteiger partial charge in [0.2, 0.25) is 0 Å². The van der Waals surface area contributed by atoms with Crippen LogP contribution < -0.4 is 15.8 Å². The zero-order chi connectivity index (χ0) is 26.4. The van der Waals surface area contributed by atoms with Crippen LogP contribution >= 0.6 is 0 Å². The largest absolute Gasteiger partial charge is 0.462 e. The summed E-state index contributed by atoms with van der Waals surface area (Å²) in [5.74, 6) is -0.833. The number of piperidine rings is 1. The minimum atomic E-state index is -0.693. The van der Waals surface area contributed by atoms with Crippen LogP contribution in [0.15, 0.2) is 17.1 Å². The first-order chi connectivity index (χ1) is 16.9. The number of rotatable bonds is 5. The maximum Gasteiger partial charge on any atom is 0.407 e. The number of amides is 1. The topological polar surface area (TPSA) is 89.3 Å². The molecule has 0 unspecified atom stereocenters. The van der Waals surface area contributed by atoms with Crippen molar-refractivity contribution in [3.05, 3.63) is 45.1 Å². The molecule has 2 aliphatic rings. The van der Waals surface area contributed by atoms with E-state index in [1.54, 1.807) is 13.0 Å². The number of hydrogen-bond donors (Lipinski definition) is 1. The van der Waals surface area contributed by atoms with Crippen molar-refractivity contribution in [3.63, 3.8) is 0 Å². The van der Waals surface area contributed by atoms with Crippen molar-refractivity contribution in [2.45, 2.75) is 78.4 Å². The van der Waals surface area contributed by atoms with Gasteiger partial charge in [-0.2, -0.15) is 0 Å². The fourth-order valence-corrected chi connectivity index (χ4v) is 5.01. The van der Waals surface area contributed by atoms with E-state index in [4.69, 9.17) is 9.47 Å². The number of anilines is 1. The number of nitrogens with zero attached hydrogens (tertiary/aromatic N) is 2. The molecule has 2 atom stereocenters. The van der Waals surface area contributed by atoms with Crippen LogP contribution in [0.5, 0.6) is 0 Å². The Morgan fingerprint density at radius 2 is 1.92 bits per heavy atom. The number of esters is 1. The zero-order valence-corrected chi connectivity index (χ0v) is 21.9. The lowest BCUT2D eigenvalue weighted by Gasteiger charge is -2.39. The monoisotopic (exact) mass is 501 g/mol. The first kappa shape index (κ1) is 26.0. The van der Waals surface area contributed by atoms with Crippen molar-refractivity contribution in [2.75, 3.05) is 24.6 Å². The Morgan fingerprint density at radius 1 is 1.22 bits per heavy atom. The first-order valence-corrected chi connectivity index (χ1v) is 12.7. The zero-order valence-electron chi connectivity index (χ0n) is 21.9. The van der Waals surface area contributed by atoms with Gasteiger partial charge in [-0.25, -0.2) is 14.0 Å². The van der Waals surface area contributed by atoms with Gasteiger partial charge in [0.25, 0.3) is 5.56 Å². The number of aromatic nitrogens is 1. The highest BCUT2D eigenvalue weighted by Crippen LogP contribution is 2.44. The third-order valence-corrected chi connectivity index (χ3v) is 6.93. The standard InChI is InChI=1S/C27H36FN3O5/c1-7-35-25(33)19-12-18(17-8-9-17)22-16(3)23(20(28)13-31(22)24(19)32)30-11-10-15(2)21(14-30)29-26(34)36-27(4,5)6/h12-13,15,17,21H,7-11,14H2,1-6H3,(H,29,34)/t15-,21+/m1/s1. The van der Waals surface area contributed by atoms with Gasteiger partial charge in [-0.15, -0.1) is 0 Å². The molecule has 2 aromatic heterocycles. The average molecular weight is 502 g/mol. The van der Waals surface area contributed by atoms with Crippen molar-refractivity contribution < 1.29 is 23.5 Å². The number of alkyl carbamates (subject to hydrolysis) is 1. The van der Waals surface area contributed by atoms with E-state index in [1.807, 2.05) is 32.6 Å². The molecule has 1 aliphatic carbocycles. The molecule has 4 rings (SSSR count). The van der Waals surface area contributed by atoms with Crippen LogP contribution in [0.25, 0.3) is 5.52 Å². The van der Waals surface area contributed by atoms with E-state index in [0.717, 1.165) is 24.8 Å². The lowest BCUT2D eigenvalue weighted by Crippen LogP contribution is -2.53. The summed E-state index contributed by atoms with van der Waals surface area (Å²) in [6, 6.07) is 1.41. The fourth-order valence-electron chi connectivity index (χ4n) is 5.01. The Labute approximate surface area is 210 Å². The van der Waals surface area contributed by atoms with Crippen LogP contribution in [-0.2, 0) is 9.47 Å². The molecule has 8 nitrogen and oxygen atoms in total. The summed E-state index contributed by atoms with van der Waals surface area (Å²) in [6.45, 7) is 12.2.